The molecule has 1 aliphatic heterocycles. The van der Waals surface area contributed by atoms with Crippen molar-refractivity contribution >= 4 is 22.6 Å². The van der Waals surface area contributed by atoms with Crippen molar-refractivity contribution in [2.75, 3.05) is 31.1 Å². The van der Waals surface area contributed by atoms with Gasteiger partial charge in [0.05, 0.1) is 23.7 Å². The fourth-order valence-corrected chi connectivity index (χ4v) is 4.31. The summed E-state index contributed by atoms with van der Waals surface area (Å²) in [5, 5.41) is 21.5. The van der Waals surface area contributed by atoms with Crippen LogP contribution in [0.1, 0.15) is 32.3 Å². The number of aliphatic hydroxyl groups excluding tert-OH is 1. The van der Waals surface area contributed by atoms with Gasteiger partial charge in [-0.15, -0.1) is 0 Å². The number of rotatable bonds is 6. The molecule has 0 saturated carbocycles. The summed E-state index contributed by atoms with van der Waals surface area (Å²) in [4.78, 5) is 26.2. The van der Waals surface area contributed by atoms with Gasteiger partial charge < -0.3 is 20.0 Å². The summed E-state index contributed by atoms with van der Waals surface area (Å²) in [5.41, 5.74) is 2.42. The number of nitrogens with zero attached hydrogens (tertiary/aromatic N) is 4. The molecule has 4 rings (SSSR count). The van der Waals surface area contributed by atoms with Crippen molar-refractivity contribution in [3.63, 3.8) is 0 Å². The van der Waals surface area contributed by atoms with E-state index in [1.54, 1.807) is 18.2 Å². The summed E-state index contributed by atoms with van der Waals surface area (Å²) in [5.74, 6) is 1.89. The number of aliphatic hydroxyl groups is 1. The maximum absolute atomic E-state index is 12.7. The van der Waals surface area contributed by atoms with E-state index in [2.05, 4.69) is 18.7 Å². The SMILES string of the molecule is Cc1ccc2c(N3CCN(C(=O)CCC(C)C)CC3CO)nc(-c3ccccc3O)nc2c1. The minimum atomic E-state index is -0.265. The third-order valence-electron chi connectivity index (χ3n) is 6.23. The van der Waals surface area contributed by atoms with Crippen molar-refractivity contribution in [3.8, 4) is 17.1 Å². The zero-order chi connectivity index (χ0) is 23.5. The molecule has 1 saturated heterocycles. The third-order valence-corrected chi connectivity index (χ3v) is 6.23. The Labute approximate surface area is 194 Å². The van der Waals surface area contributed by atoms with Crippen LogP contribution in [0.25, 0.3) is 22.3 Å². The Morgan fingerprint density at radius 2 is 1.94 bits per heavy atom. The highest BCUT2D eigenvalue weighted by molar-refractivity contribution is 5.92. The number of carbonyl (C=O) groups excluding carboxylic acids is 1. The third kappa shape index (κ3) is 4.93. The predicted octanol–water partition coefficient (Wildman–Crippen LogP) is 3.76. The Morgan fingerprint density at radius 1 is 1.15 bits per heavy atom. The molecule has 7 nitrogen and oxygen atoms in total. The molecule has 1 fully saturated rings. The Hall–Kier alpha value is -3.19. The lowest BCUT2D eigenvalue weighted by molar-refractivity contribution is -0.132. The summed E-state index contributed by atoms with van der Waals surface area (Å²) >= 11 is 0. The number of piperazine rings is 1. The first-order valence-electron chi connectivity index (χ1n) is 11.6. The fourth-order valence-electron chi connectivity index (χ4n) is 4.31. The Morgan fingerprint density at radius 3 is 2.67 bits per heavy atom. The second-order valence-corrected chi connectivity index (χ2v) is 9.21. The molecule has 174 valence electrons. The van der Waals surface area contributed by atoms with Crippen molar-refractivity contribution in [1.82, 2.24) is 14.9 Å². The maximum Gasteiger partial charge on any atom is 0.222 e. The van der Waals surface area contributed by atoms with Gasteiger partial charge in [-0.05, 0) is 49.1 Å². The number of benzene rings is 2. The minimum absolute atomic E-state index is 0.0861. The maximum atomic E-state index is 12.7. The lowest BCUT2D eigenvalue weighted by atomic mass is 10.1. The molecule has 0 aliphatic carbocycles. The summed E-state index contributed by atoms with van der Waals surface area (Å²) in [6, 6.07) is 12.8. The molecular formula is C26H32N4O3. The molecule has 1 atom stereocenters. The van der Waals surface area contributed by atoms with Gasteiger partial charge in [0.2, 0.25) is 5.91 Å². The van der Waals surface area contributed by atoms with E-state index in [-0.39, 0.29) is 24.3 Å². The highest BCUT2D eigenvalue weighted by Gasteiger charge is 2.31. The smallest absolute Gasteiger partial charge is 0.222 e. The number of anilines is 1. The van der Waals surface area contributed by atoms with Crippen LogP contribution in [0.2, 0.25) is 0 Å². The van der Waals surface area contributed by atoms with Crippen LogP contribution in [-0.2, 0) is 4.79 Å². The van der Waals surface area contributed by atoms with Crippen LogP contribution in [0.3, 0.4) is 0 Å². The molecular weight excluding hydrogens is 416 g/mol. The number of para-hydroxylation sites is 1. The number of phenols is 1. The normalized spacial score (nSPS) is 16.6. The molecule has 1 unspecified atom stereocenters. The first kappa shape index (κ1) is 23.0. The van der Waals surface area contributed by atoms with Crippen molar-refractivity contribution in [2.24, 2.45) is 5.92 Å². The number of aromatic hydroxyl groups is 1. The highest BCUT2D eigenvalue weighted by Crippen LogP contribution is 2.33. The number of fused-ring (bicyclic) bond motifs is 1. The fraction of sp³-hybridized carbons (Fsp3) is 0.423. The highest BCUT2D eigenvalue weighted by atomic mass is 16.3. The molecule has 2 N–H and O–H groups in total. The van der Waals surface area contributed by atoms with Crippen molar-refractivity contribution in [3.05, 3.63) is 48.0 Å². The number of aromatic nitrogens is 2. The summed E-state index contributed by atoms with van der Waals surface area (Å²) < 4.78 is 0. The number of carbonyl (C=O) groups is 1. The summed E-state index contributed by atoms with van der Waals surface area (Å²) in [6.45, 7) is 7.76. The standard InChI is InChI=1S/C26H32N4O3/c1-17(2)8-11-24(33)29-12-13-30(19(15-29)16-31)26-20-10-9-18(3)14-22(20)27-25(28-26)21-6-4-5-7-23(21)32/h4-7,9-10,14,17,19,31-32H,8,11-13,15-16H2,1-3H3. The van der Waals surface area contributed by atoms with Gasteiger partial charge in [-0.1, -0.05) is 32.0 Å². The van der Waals surface area contributed by atoms with E-state index in [9.17, 15) is 15.0 Å². The average molecular weight is 449 g/mol. The van der Waals surface area contributed by atoms with Crippen LogP contribution in [0.5, 0.6) is 5.75 Å². The van der Waals surface area contributed by atoms with Crippen LogP contribution in [0, 0.1) is 12.8 Å². The van der Waals surface area contributed by atoms with Crippen molar-refractivity contribution < 1.29 is 15.0 Å². The Bertz CT molecular complexity index is 1150. The zero-order valence-electron chi connectivity index (χ0n) is 19.5. The van der Waals surface area contributed by atoms with Gasteiger partial charge in [-0.2, -0.15) is 0 Å². The van der Waals surface area contributed by atoms with Crippen LogP contribution < -0.4 is 4.90 Å². The molecule has 0 spiro atoms. The molecule has 2 aromatic carbocycles. The van der Waals surface area contributed by atoms with Gasteiger partial charge >= 0.3 is 0 Å². The van der Waals surface area contributed by atoms with Crippen molar-refractivity contribution in [1.29, 1.82) is 0 Å². The summed E-state index contributed by atoms with van der Waals surface area (Å²) in [7, 11) is 0. The minimum Gasteiger partial charge on any atom is -0.507 e. The molecule has 0 bridgehead atoms. The van der Waals surface area contributed by atoms with E-state index in [1.807, 2.05) is 36.1 Å². The molecule has 1 aromatic heterocycles. The van der Waals surface area contributed by atoms with Crippen LogP contribution in [0.15, 0.2) is 42.5 Å². The number of phenolic OH excluding ortho intramolecular Hbond substituents is 1. The first-order valence-corrected chi connectivity index (χ1v) is 11.6. The largest absolute Gasteiger partial charge is 0.507 e. The number of hydrogen-bond acceptors (Lipinski definition) is 6. The number of aryl methyl sites for hydroxylation is 1. The molecule has 1 aliphatic rings. The van der Waals surface area contributed by atoms with Gasteiger partial charge in [0, 0.05) is 31.4 Å². The Balaban J connectivity index is 1.71. The van der Waals surface area contributed by atoms with E-state index in [1.165, 1.54) is 0 Å². The van der Waals surface area contributed by atoms with Gasteiger partial charge in [0.25, 0.3) is 0 Å². The van der Waals surface area contributed by atoms with E-state index in [4.69, 9.17) is 9.97 Å². The van der Waals surface area contributed by atoms with Crippen LogP contribution in [0.4, 0.5) is 5.82 Å². The average Bonchev–Trinajstić information content (AvgIpc) is 2.81. The predicted molar refractivity (Wildman–Crippen MR) is 130 cm³/mol. The monoisotopic (exact) mass is 448 g/mol. The second-order valence-electron chi connectivity index (χ2n) is 9.21. The van der Waals surface area contributed by atoms with E-state index < -0.39 is 0 Å². The molecule has 3 aromatic rings. The van der Waals surface area contributed by atoms with Crippen LogP contribution >= 0.6 is 0 Å². The van der Waals surface area contributed by atoms with E-state index in [0.29, 0.717) is 49.2 Å². The van der Waals surface area contributed by atoms with Gasteiger partial charge in [0.15, 0.2) is 5.82 Å². The molecule has 0 radical (unpaired) electrons. The van der Waals surface area contributed by atoms with Gasteiger partial charge in [-0.3, -0.25) is 4.79 Å². The molecule has 33 heavy (non-hydrogen) atoms. The molecule has 7 heteroatoms. The quantitative estimate of drug-likeness (QED) is 0.597. The lowest BCUT2D eigenvalue weighted by Crippen LogP contribution is -2.56. The van der Waals surface area contributed by atoms with Gasteiger partial charge in [-0.25, -0.2) is 9.97 Å². The van der Waals surface area contributed by atoms with Crippen LogP contribution in [-0.4, -0.2) is 63.3 Å². The van der Waals surface area contributed by atoms with E-state index in [0.717, 1.165) is 22.9 Å². The van der Waals surface area contributed by atoms with E-state index >= 15 is 0 Å². The molecule has 1 amide bonds. The number of amides is 1. The topological polar surface area (TPSA) is 89.8 Å². The zero-order valence-corrected chi connectivity index (χ0v) is 19.5. The van der Waals surface area contributed by atoms with Crippen molar-refractivity contribution in [2.45, 2.75) is 39.7 Å². The molecule has 2 heterocycles. The first-order chi connectivity index (χ1) is 15.9. The lowest BCUT2D eigenvalue weighted by Gasteiger charge is -2.42. The second kappa shape index (κ2) is 9.75. The number of hydrogen-bond donors (Lipinski definition) is 2. The Kier molecular flexibility index (Phi) is 6.79. The summed E-state index contributed by atoms with van der Waals surface area (Å²) in [6.07, 6.45) is 1.39. The van der Waals surface area contributed by atoms with Gasteiger partial charge in [0.1, 0.15) is 11.6 Å².